The molecule has 0 spiro atoms. The predicted octanol–water partition coefficient (Wildman–Crippen LogP) is 5.34. The SMILES string of the molecule is CCc1[nH]c2nc(Sc3cccnc3)nc(N(C)CCN(C)CCCc3[nH]c4nc(SC)nc(Cl)c4c3C=O)c2c1C=O. The van der Waals surface area contributed by atoms with Gasteiger partial charge in [0.1, 0.15) is 22.3 Å². The van der Waals surface area contributed by atoms with Gasteiger partial charge >= 0.3 is 0 Å². The van der Waals surface area contributed by atoms with Gasteiger partial charge < -0.3 is 19.8 Å². The number of carbonyl (C=O) groups excluding carboxylic acids is 2. The van der Waals surface area contributed by atoms with E-state index in [1.807, 2.05) is 32.4 Å². The molecule has 0 bridgehead atoms. The number of anilines is 1. The fourth-order valence-electron chi connectivity index (χ4n) is 4.96. The van der Waals surface area contributed by atoms with Crippen LogP contribution >= 0.6 is 35.1 Å². The highest BCUT2D eigenvalue weighted by atomic mass is 35.5. The summed E-state index contributed by atoms with van der Waals surface area (Å²) in [6.07, 6.45) is 9.27. The van der Waals surface area contributed by atoms with Gasteiger partial charge in [-0.2, -0.15) is 0 Å². The number of H-pyrrole nitrogens is 2. The molecule has 0 atom stereocenters. The first-order valence-electron chi connectivity index (χ1n) is 13.8. The van der Waals surface area contributed by atoms with Crippen molar-refractivity contribution in [3.05, 3.63) is 52.2 Å². The van der Waals surface area contributed by atoms with Gasteiger partial charge in [0, 0.05) is 59.9 Å². The zero-order valence-electron chi connectivity index (χ0n) is 24.3. The zero-order chi connectivity index (χ0) is 30.5. The van der Waals surface area contributed by atoms with Crippen LogP contribution in [-0.2, 0) is 12.8 Å². The summed E-state index contributed by atoms with van der Waals surface area (Å²) in [4.78, 5) is 58.4. The average molecular weight is 638 g/mol. The number of thioether (sulfide) groups is 1. The number of likely N-dealkylation sites (N-methyl/N-ethyl adjacent to an activating group) is 2. The standard InChI is InChI=1S/C29H32ClN9O2S2/c1-5-20-18(15-40)23-26(32-20)36-29(43-17-8-6-10-31-14-17)37-27(23)39(3)13-12-38(2)11-7-9-21-19(16-41)22-24(30)34-28(42-4)35-25(22)33-21/h6,8,10,14-16H,5,7,9,11-13H2,1-4H3,(H,32,36,37)(H,33,34,35). The smallest absolute Gasteiger partial charge is 0.196 e. The van der Waals surface area contributed by atoms with E-state index in [1.54, 1.807) is 12.4 Å². The van der Waals surface area contributed by atoms with Gasteiger partial charge in [-0.05, 0) is 63.0 Å². The number of aromatic nitrogens is 7. The highest BCUT2D eigenvalue weighted by Gasteiger charge is 2.21. The van der Waals surface area contributed by atoms with Gasteiger partial charge in [-0.15, -0.1) is 0 Å². The van der Waals surface area contributed by atoms with Crippen molar-refractivity contribution >= 4 is 75.6 Å². The molecule has 0 saturated carbocycles. The van der Waals surface area contributed by atoms with Crippen molar-refractivity contribution < 1.29 is 9.59 Å². The number of carbonyl (C=O) groups is 2. The second-order valence-electron chi connectivity index (χ2n) is 10.0. The lowest BCUT2D eigenvalue weighted by atomic mass is 10.1. The summed E-state index contributed by atoms with van der Waals surface area (Å²) in [6.45, 7) is 4.25. The zero-order valence-corrected chi connectivity index (χ0v) is 26.7. The Balaban J connectivity index is 1.28. The monoisotopic (exact) mass is 637 g/mol. The van der Waals surface area contributed by atoms with Crippen LogP contribution in [0.5, 0.6) is 0 Å². The molecule has 43 heavy (non-hydrogen) atoms. The highest BCUT2D eigenvalue weighted by Crippen LogP contribution is 2.33. The van der Waals surface area contributed by atoms with Crippen LogP contribution in [0.25, 0.3) is 22.1 Å². The van der Waals surface area contributed by atoms with Gasteiger partial charge in [0.2, 0.25) is 0 Å². The minimum absolute atomic E-state index is 0.283. The first kappa shape index (κ1) is 30.9. The van der Waals surface area contributed by atoms with Crippen LogP contribution in [0.2, 0.25) is 5.15 Å². The fraction of sp³-hybridized carbons (Fsp3) is 0.345. The lowest BCUT2D eigenvalue weighted by Gasteiger charge is -2.24. The Labute approximate surface area is 262 Å². The molecule has 0 aromatic carbocycles. The normalized spacial score (nSPS) is 11.6. The van der Waals surface area contributed by atoms with Gasteiger partial charge in [-0.25, -0.2) is 19.9 Å². The summed E-state index contributed by atoms with van der Waals surface area (Å²) >= 11 is 9.20. The Kier molecular flexibility index (Phi) is 9.96. The lowest BCUT2D eigenvalue weighted by molar-refractivity contribution is 0.111. The van der Waals surface area contributed by atoms with E-state index in [2.05, 4.69) is 41.8 Å². The van der Waals surface area contributed by atoms with Gasteiger partial charge in [0.15, 0.2) is 22.9 Å². The van der Waals surface area contributed by atoms with Crippen molar-refractivity contribution in [2.24, 2.45) is 0 Å². The molecule has 0 unspecified atom stereocenters. The minimum Gasteiger partial charge on any atom is -0.358 e. The third-order valence-corrected chi connectivity index (χ3v) is 8.87. The van der Waals surface area contributed by atoms with Crippen LogP contribution in [0.4, 0.5) is 5.82 Å². The topological polar surface area (TPSA) is 137 Å². The molecule has 0 saturated heterocycles. The number of fused-ring (bicyclic) bond motifs is 2. The van der Waals surface area contributed by atoms with Crippen LogP contribution in [-0.4, -0.2) is 92.3 Å². The molecule has 0 aliphatic carbocycles. The first-order chi connectivity index (χ1) is 20.9. The van der Waals surface area contributed by atoms with Crippen LogP contribution in [0.3, 0.4) is 0 Å². The van der Waals surface area contributed by atoms with E-state index in [9.17, 15) is 9.59 Å². The summed E-state index contributed by atoms with van der Waals surface area (Å²) in [5.74, 6) is 0.708. The number of aldehydes is 2. The number of aromatic amines is 2. The Morgan fingerprint density at radius 2 is 1.65 bits per heavy atom. The molecule has 0 aliphatic heterocycles. The van der Waals surface area contributed by atoms with Crippen molar-refractivity contribution in [3.63, 3.8) is 0 Å². The van der Waals surface area contributed by atoms with Crippen molar-refractivity contribution in [1.82, 2.24) is 39.8 Å². The molecule has 5 rings (SSSR count). The Hall–Kier alpha value is -3.52. The molecule has 2 N–H and O–H groups in total. The van der Waals surface area contributed by atoms with Gasteiger partial charge in [0.05, 0.1) is 10.8 Å². The van der Waals surface area contributed by atoms with Gasteiger partial charge in [0.25, 0.3) is 0 Å². The number of pyridine rings is 1. The molecule has 0 amide bonds. The predicted molar refractivity (Wildman–Crippen MR) is 172 cm³/mol. The number of rotatable bonds is 14. The third kappa shape index (κ3) is 6.69. The van der Waals surface area contributed by atoms with E-state index in [4.69, 9.17) is 21.6 Å². The van der Waals surface area contributed by atoms with Crippen molar-refractivity contribution in [2.45, 2.75) is 41.4 Å². The molecule has 0 radical (unpaired) electrons. The molecular weight excluding hydrogens is 606 g/mol. The number of nitrogens with one attached hydrogen (secondary N) is 2. The van der Waals surface area contributed by atoms with Crippen molar-refractivity contribution in [1.29, 1.82) is 0 Å². The Morgan fingerprint density at radius 3 is 2.35 bits per heavy atom. The first-order valence-corrected chi connectivity index (χ1v) is 16.2. The quantitative estimate of drug-likeness (QED) is 0.0706. The van der Waals surface area contributed by atoms with E-state index in [0.29, 0.717) is 63.3 Å². The molecular formula is C29H32ClN9O2S2. The molecule has 14 heteroatoms. The van der Waals surface area contributed by atoms with E-state index >= 15 is 0 Å². The summed E-state index contributed by atoms with van der Waals surface area (Å²) in [7, 11) is 4.05. The number of nitrogens with zero attached hydrogens (tertiary/aromatic N) is 7. The van der Waals surface area contributed by atoms with Crippen molar-refractivity contribution in [3.8, 4) is 0 Å². The molecule has 0 fully saturated rings. The largest absolute Gasteiger partial charge is 0.358 e. The van der Waals surface area contributed by atoms with Crippen molar-refractivity contribution in [2.75, 3.05) is 44.9 Å². The Bertz CT molecular complexity index is 1760. The summed E-state index contributed by atoms with van der Waals surface area (Å²) < 4.78 is 0. The van der Waals surface area contributed by atoms with Gasteiger partial charge in [-0.3, -0.25) is 14.6 Å². The summed E-state index contributed by atoms with van der Waals surface area (Å²) in [6, 6.07) is 3.84. The minimum atomic E-state index is 0.283. The van der Waals surface area contributed by atoms with Crippen LogP contribution in [0, 0.1) is 0 Å². The highest BCUT2D eigenvalue weighted by molar-refractivity contribution is 7.99. The number of hydrogen-bond acceptors (Lipinski definition) is 11. The molecule has 5 aromatic heterocycles. The second-order valence-corrected chi connectivity index (χ2v) is 12.2. The molecule has 224 valence electrons. The number of aryl methyl sites for hydroxylation is 2. The van der Waals surface area contributed by atoms with Crippen LogP contribution < -0.4 is 4.90 Å². The Morgan fingerprint density at radius 1 is 0.930 bits per heavy atom. The van der Waals surface area contributed by atoms with E-state index in [-0.39, 0.29) is 5.15 Å². The molecule has 5 heterocycles. The second kappa shape index (κ2) is 13.8. The van der Waals surface area contributed by atoms with Crippen LogP contribution in [0.1, 0.15) is 45.4 Å². The summed E-state index contributed by atoms with van der Waals surface area (Å²) in [5.41, 5.74) is 4.01. The molecule has 5 aromatic rings. The van der Waals surface area contributed by atoms with Crippen LogP contribution in [0.15, 0.2) is 39.7 Å². The average Bonchev–Trinajstić information content (AvgIpc) is 3.57. The third-order valence-electron chi connectivity index (χ3n) is 7.20. The maximum Gasteiger partial charge on any atom is 0.196 e. The number of hydrogen-bond donors (Lipinski definition) is 2. The number of halogens is 1. The van der Waals surface area contributed by atoms with E-state index in [1.165, 1.54) is 23.5 Å². The van der Waals surface area contributed by atoms with E-state index < -0.39 is 0 Å². The molecule has 0 aliphatic rings. The summed E-state index contributed by atoms with van der Waals surface area (Å²) in [5, 5.41) is 2.73. The maximum atomic E-state index is 12.1. The lowest BCUT2D eigenvalue weighted by Crippen LogP contribution is -2.32. The fourth-order valence-corrected chi connectivity index (χ4v) is 6.39. The van der Waals surface area contributed by atoms with E-state index in [0.717, 1.165) is 53.8 Å². The molecule has 11 nitrogen and oxygen atoms in total. The van der Waals surface area contributed by atoms with Gasteiger partial charge in [-0.1, -0.05) is 30.3 Å². The maximum absolute atomic E-state index is 12.1.